The van der Waals surface area contributed by atoms with Crippen molar-refractivity contribution in [2.24, 2.45) is 0 Å². The van der Waals surface area contributed by atoms with Gasteiger partial charge in [-0.05, 0) is 48.9 Å². The van der Waals surface area contributed by atoms with Gasteiger partial charge in [0.05, 0.1) is 17.2 Å². The molecule has 5 nitrogen and oxygen atoms in total. The van der Waals surface area contributed by atoms with Gasteiger partial charge in [0.2, 0.25) is 5.91 Å². The zero-order chi connectivity index (χ0) is 17.3. The second kappa shape index (κ2) is 6.75. The number of halogens is 2. The average molecular weight is 407 g/mol. The lowest BCUT2D eigenvalue weighted by molar-refractivity contribution is -0.116. The monoisotopic (exact) mass is 405 g/mol. The highest BCUT2D eigenvalue weighted by molar-refractivity contribution is 9.10. The summed E-state index contributed by atoms with van der Waals surface area (Å²) in [4.78, 5) is 28.8. The lowest BCUT2D eigenvalue weighted by Crippen LogP contribution is -2.27. The fourth-order valence-corrected chi connectivity index (χ4v) is 2.74. The minimum absolute atomic E-state index is 0.122. The van der Waals surface area contributed by atoms with Crippen molar-refractivity contribution in [3.05, 3.63) is 68.1 Å². The number of nitrogens with one attached hydrogen (secondary N) is 1. The molecule has 1 aromatic heterocycles. The Kier molecular flexibility index (Phi) is 4.69. The van der Waals surface area contributed by atoms with Crippen LogP contribution in [0.2, 0.25) is 5.02 Å². The lowest BCUT2D eigenvalue weighted by atomic mass is 10.2. The second-order valence-electron chi connectivity index (χ2n) is 5.35. The molecule has 0 atom stereocenters. The van der Waals surface area contributed by atoms with Crippen LogP contribution in [0.1, 0.15) is 5.56 Å². The van der Waals surface area contributed by atoms with Gasteiger partial charge in [0.1, 0.15) is 6.54 Å². The third kappa shape index (κ3) is 3.49. The van der Waals surface area contributed by atoms with Crippen LogP contribution in [-0.2, 0) is 11.3 Å². The van der Waals surface area contributed by atoms with E-state index in [9.17, 15) is 9.59 Å². The molecule has 7 heteroatoms. The van der Waals surface area contributed by atoms with Gasteiger partial charge >= 0.3 is 0 Å². The number of benzene rings is 2. The molecule has 3 aromatic rings. The summed E-state index contributed by atoms with van der Waals surface area (Å²) >= 11 is 9.34. The Bertz CT molecular complexity index is 1000. The Morgan fingerprint density at radius 3 is 2.83 bits per heavy atom. The molecule has 0 radical (unpaired) electrons. The van der Waals surface area contributed by atoms with Crippen LogP contribution in [0.5, 0.6) is 0 Å². The van der Waals surface area contributed by atoms with Gasteiger partial charge < -0.3 is 5.32 Å². The van der Waals surface area contributed by atoms with E-state index in [1.165, 1.54) is 10.9 Å². The van der Waals surface area contributed by atoms with Gasteiger partial charge in [-0.1, -0.05) is 27.5 Å². The summed E-state index contributed by atoms with van der Waals surface area (Å²) in [6.07, 6.45) is 1.37. The lowest BCUT2D eigenvalue weighted by Gasteiger charge is -2.09. The van der Waals surface area contributed by atoms with E-state index < -0.39 is 0 Å². The minimum Gasteiger partial charge on any atom is -0.325 e. The fourth-order valence-electron chi connectivity index (χ4n) is 2.32. The molecule has 0 saturated heterocycles. The minimum atomic E-state index is -0.304. The van der Waals surface area contributed by atoms with Crippen molar-refractivity contribution in [1.29, 1.82) is 0 Å². The Hall–Kier alpha value is -2.18. The van der Waals surface area contributed by atoms with Crippen LogP contribution >= 0.6 is 27.5 Å². The SMILES string of the molecule is Cc1cc(NC(=O)Cn2cnc3ccc(Cl)cc3c2=O)ccc1Br. The summed E-state index contributed by atoms with van der Waals surface area (Å²) < 4.78 is 2.23. The highest BCUT2D eigenvalue weighted by atomic mass is 79.9. The molecular weight excluding hydrogens is 394 g/mol. The summed E-state index contributed by atoms with van der Waals surface area (Å²) in [5, 5.41) is 3.61. The van der Waals surface area contributed by atoms with Crippen molar-refractivity contribution in [2.45, 2.75) is 13.5 Å². The molecule has 3 rings (SSSR count). The topological polar surface area (TPSA) is 64.0 Å². The van der Waals surface area contributed by atoms with Crippen LogP contribution in [0.3, 0.4) is 0 Å². The predicted octanol–water partition coefficient (Wildman–Crippen LogP) is 3.76. The number of amides is 1. The number of nitrogens with zero attached hydrogens (tertiary/aromatic N) is 2. The molecule has 2 aromatic carbocycles. The van der Waals surface area contributed by atoms with Crippen LogP contribution in [0.15, 0.2) is 52.0 Å². The number of rotatable bonds is 3. The van der Waals surface area contributed by atoms with E-state index in [-0.39, 0.29) is 18.0 Å². The van der Waals surface area contributed by atoms with Gasteiger partial charge in [-0.15, -0.1) is 0 Å². The Morgan fingerprint density at radius 2 is 2.08 bits per heavy atom. The molecule has 0 aliphatic carbocycles. The molecule has 0 aliphatic rings. The molecule has 1 amide bonds. The number of anilines is 1. The first-order chi connectivity index (χ1) is 11.4. The van der Waals surface area contributed by atoms with Gasteiger partial charge in [-0.3, -0.25) is 14.2 Å². The Balaban J connectivity index is 1.84. The smallest absolute Gasteiger partial charge is 0.261 e. The first-order valence-corrected chi connectivity index (χ1v) is 8.32. The predicted molar refractivity (Wildman–Crippen MR) is 98.5 cm³/mol. The molecule has 1 heterocycles. The maximum absolute atomic E-state index is 12.4. The quantitative estimate of drug-likeness (QED) is 0.720. The maximum Gasteiger partial charge on any atom is 0.261 e. The molecule has 122 valence electrons. The second-order valence-corrected chi connectivity index (χ2v) is 6.64. The molecule has 1 N–H and O–H groups in total. The van der Waals surface area contributed by atoms with Crippen LogP contribution < -0.4 is 10.9 Å². The Labute approximate surface area is 151 Å². The van der Waals surface area contributed by atoms with Crippen LogP contribution in [0.4, 0.5) is 5.69 Å². The van der Waals surface area contributed by atoms with Crippen molar-refractivity contribution in [3.8, 4) is 0 Å². The number of hydrogen-bond acceptors (Lipinski definition) is 3. The fraction of sp³-hybridized carbons (Fsp3) is 0.118. The number of aromatic nitrogens is 2. The first-order valence-electron chi connectivity index (χ1n) is 7.15. The molecule has 24 heavy (non-hydrogen) atoms. The number of carbonyl (C=O) groups is 1. The normalized spacial score (nSPS) is 10.8. The van der Waals surface area contributed by atoms with E-state index in [4.69, 9.17) is 11.6 Å². The van der Waals surface area contributed by atoms with Gasteiger partial charge in [0, 0.05) is 15.2 Å². The van der Waals surface area contributed by atoms with Gasteiger partial charge in [-0.25, -0.2) is 4.98 Å². The third-order valence-electron chi connectivity index (χ3n) is 3.54. The maximum atomic E-state index is 12.4. The number of fused-ring (bicyclic) bond motifs is 1. The molecule has 0 fully saturated rings. The van der Waals surface area contributed by atoms with Gasteiger partial charge in [0.25, 0.3) is 5.56 Å². The summed E-state index contributed by atoms with van der Waals surface area (Å²) in [6.45, 7) is 1.81. The summed E-state index contributed by atoms with van der Waals surface area (Å²) in [6, 6.07) is 10.4. The summed E-state index contributed by atoms with van der Waals surface area (Å²) in [5.74, 6) is -0.304. The van der Waals surface area contributed by atoms with Crippen molar-refractivity contribution in [1.82, 2.24) is 9.55 Å². The third-order valence-corrected chi connectivity index (χ3v) is 4.67. The van der Waals surface area contributed by atoms with E-state index in [1.807, 2.05) is 19.1 Å². The molecule has 0 unspecified atom stereocenters. The van der Waals surface area contributed by atoms with Crippen molar-refractivity contribution in [3.63, 3.8) is 0 Å². The zero-order valence-electron chi connectivity index (χ0n) is 12.7. The molecule has 0 saturated carbocycles. The first kappa shape index (κ1) is 16.7. The van der Waals surface area contributed by atoms with E-state index >= 15 is 0 Å². The van der Waals surface area contributed by atoms with E-state index in [0.29, 0.717) is 21.6 Å². The van der Waals surface area contributed by atoms with E-state index in [0.717, 1.165) is 10.0 Å². The number of aryl methyl sites for hydroxylation is 1. The highest BCUT2D eigenvalue weighted by Crippen LogP contribution is 2.20. The number of carbonyl (C=O) groups excluding carboxylic acids is 1. The van der Waals surface area contributed by atoms with E-state index in [1.54, 1.807) is 24.3 Å². The van der Waals surface area contributed by atoms with Gasteiger partial charge in [-0.2, -0.15) is 0 Å². The van der Waals surface area contributed by atoms with Crippen LogP contribution in [0, 0.1) is 6.92 Å². The van der Waals surface area contributed by atoms with Crippen molar-refractivity contribution >= 4 is 50.0 Å². The Morgan fingerprint density at radius 1 is 1.29 bits per heavy atom. The molecular formula is C17H13BrClN3O2. The molecule has 0 bridgehead atoms. The van der Waals surface area contributed by atoms with Crippen molar-refractivity contribution in [2.75, 3.05) is 5.32 Å². The zero-order valence-corrected chi connectivity index (χ0v) is 15.1. The van der Waals surface area contributed by atoms with Crippen LogP contribution in [-0.4, -0.2) is 15.5 Å². The highest BCUT2D eigenvalue weighted by Gasteiger charge is 2.09. The standard InChI is InChI=1S/C17H13BrClN3O2/c1-10-6-12(3-4-14(10)18)21-16(23)8-22-9-20-15-5-2-11(19)7-13(15)17(22)24/h2-7,9H,8H2,1H3,(H,21,23). The number of hydrogen-bond donors (Lipinski definition) is 1. The van der Waals surface area contributed by atoms with E-state index in [2.05, 4.69) is 26.2 Å². The van der Waals surface area contributed by atoms with Crippen LogP contribution in [0.25, 0.3) is 10.9 Å². The van der Waals surface area contributed by atoms with Crippen molar-refractivity contribution < 1.29 is 4.79 Å². The summed E-state index contributed by atoms with van der Waals surface area (Å²) in [5.41, 5.74) is 1.92. The van der Waals surface area contributed by atoms with Gasteiger partial charge in [0.15, 0.2) is 0 Å². The summed E-state index contributed by atoms with van der Waals surface area (Å²) in [7, 11) is 0. The molecule has 0 aliphatic heterocycles. The largest absolute Gasteiger partial charge is 0.325 e. The molecule has 0 spiro atoms. The average Bonchev–Trinajstić information content (AvgIpc) is 2.54.